The average Bonchev–Trinajstić information content (AvgIpc) is 3.21. The lowest BCUT2D eigenvalue weighted by Crippen LogP contribution is -2.17. The van der Waals surface area contributed by atoms with Gasteiger partial charge in [0.1, 0.15) is 15.5 Å². The van der Waals surface area contributed by atoms with Crippen LogP contribution >= 0.6 is 22.9 Å². The smallest absolute Gasteiger partial charge is 0.406 e. The molecule has 3 N–H and O–H groups in total. The van der Waals surface area contributed by atoms with Crippen LogP contribution in [0.15, 0.2) is 78.9 Å². The van der Waals surface area contributed by atoms with Gasteiger partial charge in [0.15, 0.2) is 0 Å². The Morgan fingerprint density at radius 1 is 1.00 bits per heavy atom. The predicted octanol–water partition coefficient (Wildman–Crippen LogP) is 8.33. The largest absolute Gasteiger partial charge is 0.573 e. The number of thiophene rings is 1. The number of ether oxygens (including phenoxy) is 1. The van der Waals surface area contributed by atoms with Gasteiger partial charge in [-0.25, -0.2) is 4.98 Å². The number of hydrogen-bond acceptors (Lipinski definition) is 5. The molecule has 2 heterocycles. The number of rotatable bonds is 5. The van der Waals surface area contributed by atoms with Crippen LogP contribution < -0.4 is 15.8 Å². The normalized spacial score (nSPS) is 11.5. The molecule has 0 spiro atoms. The number of carbonyl (C=O) groups is 1. The summed E-state index contributed by atoms with van der Waals surface area (Å²) in [5, 5.41) is 3.94. The van der Waals surface area contributed by atoms with Crippen molar-refractivity contribution < 1.29 is 22.7 Å². The summed E-state index contributed by atoms with van der Waals surface area (Å²) in [6, 6.07) is 22.0. The zero-order valence-corrected chi connectivity index (χ0v) is 21.3. The van der Waals surface area contributed by atoms with Gasteiger partial charge in [0.25, 0.3) is 5.91 Å². The van der Waals surface area contributed by atoms with Gasteiger partial charge in [-0.05, 0) is 60.5 Å². The lowest BCUT2D eigenvalue weighted by atomic mass is 9.98. The molecule has 38 heavy (non-hydrogen) atoms. The molecule has 0 aliphatic rings. The van der Waals surface area contributed by atoms with Crippen LogP contribution in [0.1, 0.15) is 15.2 Å². The number of fused-ring (bicyclic) bond motifs is 1. The quantitative estimate of drug-likeness (QED) is 0.229. The zero-order valence-electron chi connectivity index (χ0n) is 19.8. The highest BCUT2D eigenvalue weighted by Gasteiger charge is 2.31. The molecule has 0 unspecified atom stereocenters. The molecule has 0 radical (unpaired) electrons. The fourth-order valence-electron chi connectivity index (χ4n) is 4.03. The molecule has 2 aromatic heterocycles. The van der Waals surface area contributed by atoms with Crippen molar-refractivity contribution in [2.24, 2.45) is 0 Å². The Hall–Kier alpha value is -4.08. The molecule has 192 valence electrons. The van der Waals surface area contributed by atoms with E-state index in [2.05, 4.69) is 10.1 Å². The van der Waals surface area contributed by atoms with Crippen molar-refractivity contribution in [1.82, 2.24) is 4.98 Å². The van der Waals surface area contributed by atoms with Crippen molar-refractivity contribution in [3.05, 3.63) is 94.3 Å². The standard InChI is InChI=1S/C28H19ClF3N3O2S/c1-15-3-2-4-17(13-15)21-14-22(16-5-7-18(29)8-6-16)35-27-23(21)24(33)25(38-27)26(36)34-19-9-11-20(12-10-19)37-28(30,31)32/h2-14H,33H2,1H3,(H,34,36). The van der Waals surface area contributed by atoms with Gasteiger partial charge < -0.3 is 15.8 Å². The number of aromatic nitrogens is 1. The van der Waals surface area contributed by atoms with Gasteiger partial charge in [0, 0.05) is 21.7 Å². The minimum atomic E-state index is -4.80. The Morgan fingerprint density at radius 3 is 2.37 bits per heavy atom. The van der Waals surface area contributed by atoms with E-state index < -0.39 is 18.0 Å². The summed E-state index contributed by atoms with van der Waals surface area (Å²) >= 11 is 7.20. The predicted molar refractivity (Wildman–Crippen MR) is 146 cm³/mol. The molecule has 3 aromatic carbocycles. The Kier molecular flexibility index (Phi) is 6.73. The zero-order chi connectivity index (χ0) is 27.0. The number of nitrogen functional groups attached to an aromatic ring is 1. The number of anilines is 2. The van der Waals surface area contributed by atoms with Crippen LogP contribution in [0.2, 0.25) is 5.02 Å². The number of alkyl halides is 3. The van der Waals surface area contributed by atoms with Gasteiger partial charge in [-0.1, -0.05) is 53.6 Å². The molecule has 0 aliphatic heterocycles. The molecule has 0 fully saturated rings. The number of hydrogen-bond donors (Lipinski definition) is 2. The van der Waals surface area contributed by atoms with Crippen molar-refractivity contribution in [1.29, 1.82) is 0 Å². The summed E-state index contributed by atoms with van der Waals surface area (Å²) in [4.78, 5) is 18.8. The summed E-state index contributed by atoms with van der Waals surface area (Å²) in [5.41, 5.74) is 11.4. The number of pyridine rings is 1. The molecule has 10 heteroatoms. The molecule has 0 saturated carbocycles. The molecule has 0 bridgehead atoms. The van der Waals surface area contributed by atoms with Gasteiger partial charge in [-0.2, -0.15) is 0 Å². The van der Waals surface area contributed by atoms with Crippen LogP contribution in [0.4, 0.5) is 24.5 Å². The summed E-state index contributed by atoms with van der Waals surface area (Å²) in [5.74, 6) is -0.892. The van der Waals surface area contributed by atoms with E-state index in [0.29, 0.717) is 20.9 Å². The topological polar surface area (TPSA) is 77.2 Å². The van der Waals surface area contributed by atoms with Crippen LogP contribution in [0, 0.1) is 6.92 Å². The van der Waals surface area contributed by atoms with Gasteiger partial charge >= 0.3 is 6.36 Å². The maximum atomic E-state index is 13.2. The molecule has 0 atom stereocenters. The van der Waals surface area contributed by atoms with Crippen LogP contribution in [0.25, 0.3) is 32.6 Å². The Balaban J connectivity index is 1.56. The Bertz CT molecular complexity index is 1650. The Morgan fingerprint density at radius 2 is 1.71 bits per heavy atom. The fourth-order valence-corrected chi connectivity index (χ4v) is 5.17. The highest BCUT2D eigenvalue weighted by atomic mass is 35.5. The van der Waals surface area contributed by atoms with E-state index in [0.717, 1.165) is 45.7 Å². The van der Waals surface area contributed by atoms with Gasteiger partial charge in [0.05, 0.1) is 11.4 Å². The third kappa shape index (κ3) is 5.44. The SMILES string of the molecule is Cc1cccc(-c2cc(-c3ccc(Cl)cc3)nc3sc(C(=O)Nc4ccc(OC(F)(F)F)cc4)c(N)c23)c1. The maximum absolute atomic E-state index is 13.2. The summed E-state index contributed by atoms with van der Waals surface area (Å²) in [6.45, 7) is 1.99. The van der Waals surface area contributed by atoms with Crippen LogP contribution in [-0.2, 0) is 0 Å². The highest BCUT2D eigenvalue weighted by molar-refractivity contribution is 7.21. The van der Waals surface area contributed by atoms with Crippen molar-refractivity contribution in [3.8, 4) is 28.1 Å². The Labute approximate surface area is 224 Å². The van der Waals surface area contributed by atoms with Crippen LogP contribution in [0.5, 0.6) is 5.75 Å². The van der Waals surface area contributed by atoms with Gasteiger partial charge in [-0.15, -0.1) is 24.5 Å². The first-order valence-corrected chi connectivity index (χ1v) is 12.5. The minimum absolute atomic E-state index is 0.241. The second-order valence-corrected chi connectivity index (χ2v) is 9.92. The minimum Gasteiger partial charge on any atom is -0.406 e. The van der Waals surface area contributed by atoms with Crippen LogP contribution in [-0.4, -0.2) is 17.3 Å². The molecular weight excluding hydrogens is 535 g/mol. The molecule has 5 nitrogen and oxygen atoms in total. The first kappa shape index (κ1) is 25.6. The first-order chi connectivity index (χ1) is 18.1. The lowest BCUT2D eigenvalue weighted by molar-refractivity contribution is -0.274. The summed E-state index contributed by atoms with van der Waals surface area (Å²) in [6.07, 6.45) is -4.80. The summed E-state index contributed by atoms with van der Waals surface area (Å²) < 4.78 is 41.2. The molecule has 0 saturated heterocycles. The number of benzene rings is 3. The molecule has 5 rings (SSSR count). The van der Waals surface area contributed by atoms with E-state index in [1.165, 1.54) is 12.1 Å². The number of halogens is 4. The lowest BCUT2D eigenvalue weighted by Gasteiger charge is -2.10. The molecular formula is C28H19ClF3N3O2S. The number of carbonyl (C=O) groups excluding carboxylic acids is 1. The third-order valence-corrected chi connectivity index (χ3v) is 7.07. The van der Waals surface area contributed by atoms with Crippen molar-refractivity contribution in [2.45, 2.75) is 13.3 Å². The van der Waals surface area contributed by atoms with Gasteiger partial charge in [0.2, 0.25) is 0 Å². The first-order valence-electron chi connectivity index (χ1n) is 11.3. The van der Waals surface area contributed by atoms with Gasteiger partial charge in [-0.3, -0.25) is 4.79 Å². The van der Waals surface area contributed by atoms with E-state index in [4.69, 9.17) is 22.3 Å². The average molecular weight is 554 g/mol. The second kappa shape index (κ2) is 10.00. The van der Waals surface area contributed by atoms with Crippen molar-refractivity contribution in [2.75, 3.05) is 11.1 Å². The third-order valence-electron chi connectivity index (χ3n) is 5.72. The fraction of sp³-hybridized carbons (Fsp3) is 0.0714. The van der Waals surface area contributed by atoms with Crippen molar-refractivity contribution in [3.63, 3.8) is 0 Å². The summed E-state index contributed by atoms with van der Waals surface area (Å²) in [7, 11) is 0. The number of nitrogens with zero attached hydrogens (tertiary/aromatic N) is 1. The number of nitrogens with two attached hydrogens (primary N) is 1. The van der Waals surface area contributed by atoms with Crippen molar-refractivity contribution >= 4 is 50.4 Å². The monoisotopic (exact) mass is 553 g/mol. The van der Waals surface area contributed by atoms with E-state index in [1.807, 2.05) is 49.4 Å². The maximum Gasteiger partial charge on any atom is 0.573 e. The molecule has 0 aliphatic carbocycles. The number of amides is 1. The molecule has 1 amide bonds. The number of aryl methyl sites for hydroxylation is 1. The number of nitrogens with one attached hydrogen (secondary N) is 1. The second-order valence-electron chi connectivity index (χ2n) is 8.48. The van der Waals surface area contributed by atoms with E-state index in [1.54, 1.807) is 12.1 Å². The van der Waals surface area contributed by atoms with E-state index in [-0.39, 0.29) is 16.3 Å². The highest BCUT2D eigenvalue weighted by Crippen LogP contribution is 2.42. The van der Waals surface area contributed by atoms with E-state index >= 15 is 0 Å². The molecule has 5 aromatic rings. The van der Waals surface area contributed by atoms with E-state index in [9.17, 15) is 18.0 Å². The van der Waals surface area contributed by atoms with Crippen LogP contribution in [0.3, 0.4) is 0 Å².